The maximum Gasteiger partial charge on any atom is 0.0571 e. The molecule has 0 spiro atoms. The van der Waals surface area contributed by atoms with Gasteiger partial charge in [-0.3, -0.25) is 4.98 Å². The third-order valence-corrected chi connectivity index (χ3v) is 4.31. The highest BCUT2D eigenvalue weighted by Crippen LogP contribution is 2.29. The van der Waals surface area contributed by atoms with Gasteiger partial charge in [0.2, 0.25) is 0 Å². The monoisotopic (exact) mass is 275 g/mol. The molecule has 1 aliphatic rings. The zero-order valence-electron chi connectivity index (χ0n) is 13.4. The molecule has 112 valence electrons. The Bertz CT molecular complexity index is 393. The molecule has 3 heteroatoms. The summed E-state index contributed by atoms with van der Waals surface area (Å²) in [5, 5.41) is 3.24. The molecule has 2 rings (SSSR count). The summed E-state index contributed by atoms with van der Waals surface area (Å²) in [6, 6.07) is 5.44. The topological polar surface area (TPSA) is 28.2 Å². The number of aromatic nitrogens is 1. The Labute approximate surface area is 123 Å². The molecule has 1 aromatic rings. The molecule has 1 fully saturated rings. The van der Waals surface area contributed by atoms with E-state index in [1.165, 1.54) is 31.4 Å². The third kappa shape index (κ3) is 3.72. The van der Waals surface area contributed by atoms with Crippen LogP contribution in [0.3, 0.4) is 0 Å². The highest BCUT2D eigenvalue weighted by molar-refractivity contribution is 5.46. The first-order valence-electron chi connectivity index (χ1n) is 8.01. The molecule has 1 unspecified atom stereocenters. The number of pyridine rings is 1. The van der Waals surface area contributed by atoms with Crippen LogP contribution in [0.2, 0.25) is 0 Å². The van der Waals surface area contributed by atoms with Crippen molar-refractivity contribution < 1.29 is 0 Å². The molecule has 0 amide bonds. The molecule has 20 heavy (non-hydrogen) atoms. The van der Waals surface area contributed by atoms with Crippen LogP contribution >= 0.6 is 0 Å². The predicted octanol–water partition coefficient (Wildman–Crippen LogP) is 3.77. The smallest absolute Gasteiger partial charge is 0.0571 e. The highest BCUT2D eigenvalue weighted by Gasteiger charge is 2.23. The third-order valence-electron chi connectivity index (χ3n) is 4.31. The van der Waals surface area contributed by atoms with Crippen molar-refractivity contribution in [3.8, 4) is 0 Å². The fourth-order valence-corrected chi connectivity index (χ4v) is 3.05. The fraction of sp³-hybridized carbons (Fsp3) is 0.706. The lowest BCUT2D eigenvalue weighted by Gasteiger charge is -2.32. The molecule has 0 saturated heterocycles. The van der Waals surface area contributed by atoms with E-state index in [1.54, 1.807) is 0 Å². The summed E-state index contributed by atoms with van der Waals surface area (Å²) in [7, 11) is 1.98. The van der Waals surface area contributed by atoms with Crippen LogP contribution in [0, 0.1) is 5.92 Å². The maximum absolute atomic E-state index is 4.64. The van der Waals surface area contributed by atoms with Crippen molar-refractivity contribution in [2.45, 2.75) is 58.5 Å². The minimum absolute atomic E-state index is 0.314. The largest absolute Gasteiger partial charge is 0.367 e. The van der Waals surface area contributed by atoms with Crippen molar-refractivity contribution in [2.24, 2.45) is 5.92 Å². The molecular formula is C17H29N3. The lowest BCUT2D eigenvalue weighted by atomic mass is 10.1. The van der Waals surface area contributed by atoms with Gasteiger partial charge < -0.3 is 10.2 Å². The Kier molecular flexibility index (Phi) is 5.41. The maximum atomic E-state index is 4.64. The van der Waals surface area contributed by atoms with Gasteiger partial charge in [0.1, 0.15) is 0 Å². The number of hydrogen-bond acceptors (Lipinski definition) is 3. The molecule has 1 heterocycles. The van der Waals surface area contributed by atoms with Gasteiger partial charge in [0.05, 0.1) is 17.6 Å². The van der Waals surface area contributed by atoms with Gasteiger partial charge in [0, 0.05) is 18.6 Å². The average Bonchev–Trinajstić information content (AvgIpc) is 2.98. The van der Waals surface area contributed by atoms with E-state index in [1.807, 2.05) is 7.05 Å². The van der Waals surface area contributed by atoms with Crippen molar-refractivity contribution in [3.05, 3.63) is 24.0 Å². The number of nitrogens with zero attached hydrogens (tertiary/aromatic N) is 2. The van der Waals surface area contributed by atoms with Crippen LogP contribution in [0.1, 0.15) is 58.2 Å². The molecule has 1 aliphatic carbocycles. The molecule has 0 aromatic carbocycles. The van der Waals surface area contributed by atoms with Gasteiger partial charge in [-0.15, -0.1) is 0 Å². The average molecular weight is 275 g/mol. The van der Waals surface area contributed by atoms with Crippen LogP contribution in [0.15, 0.2) is 18.3 Å². The van der Waals surface area contributed by atoms with E-state index in [4.69, 9.17) is 0 Å². The second-order valence-electron chi connectivity index (χ2n) is 6.44. The molecule has 1 aromatic heterocycles. The van der Waals surface area contributed by atoms with Crippen molar-refractivity contribution in [3.63, 3.8) is 0 Å². The Morgan fingerprint density at radius 1 is 1.25 bits per heavy atom. The molecule has 1 saturated carbocycles. The summed E-state index contributed by atoms with van der Waals surface area (Å²) < 4.78 is 0. The van der Waals surface area contributed by atoms with Crippen LogP contribution in [0.5, 0.6) is 0 Å². The van der Waals surface area contributed by atoms with Crippen LogP contribution < -0.4 is 10.2 Å². The molecule has 1 atom stereocenters. The Hall–Kier alpha value is -1.09. The summed E-state index contributed by atoms with van der Waals surface area (Å²) in [5.41, 5.74) is 2.41. The van der Waals surface area contributed by atoms with Crippen molar-refractivity contribution in [1.29, 1.82) is 0 Å². The normalized spacial score (nSPS) is 17.6. The van der Waals surface area contributed by atoms with Gasteiger partial charge in [-0.05, 0) is 44.9 Å². The minimum Gasteiger partial charge on any atom is -0.367 e. The SMILES string of the molecule is CNC(C)c1ccc(N(CC(C)C)C2CCCC2)cn1. The Morgan fingerprint density at radius 2 is 1.95 bits per heavy atom. The summed E-state index contributed by atoms with van der Waals surface area (Å²) >= 11 is 0. The zero-order valence-corrected chi connectivity index (χ0v) is 13.4. The summed E-state index contributed by atoms with van der Waals surface area (Å²) in [6.45, 7) is 7.87. The first-order valence-corrected chi connectivity index (χ1v) is 8.01. The van der Waals surface area contributed by atoms with Crippen LogP contribution in [0.4, 0.5) is 5.69 Å². The first-order chi connectivity index (χ1) is 9.61. The van der Waals surface area contributed by atoms with Gasteiger partial charge >= 0.3 is 0 Å². The number of nitrogens with one attached hydrogen (secondary N) is 1. The van der Waals surface area contributed by atoms with Crippen molar-refractivity contribution >= 4 is 5.69 Å². The van der Waals surface area contributed by atoms with E-state index >= 15 is 0 Å². The van der Waals surface area contributed by atoms with Crippen LogP contribution in [-0.2, 0) is 0 Å². The van der Waals surface area contributed by atoms with E-state index in [0.717, 1.165) is 12.2 Å². The van der Waals surface area contributed by atoms with E-state index < -0.39 is 0 Å². The van der Waals surface area contributed by atoms with Gasteiger partial charge in [-0.25, -0.2) is 0 Å². The molecule has 0 radical (unpaired) electrons. The number of anilines is 1. The lowest BCUT2D eigenvalue weighted by Crippen LogP contribution is -2.36. The summed E-state index contributed by atoms with van der Waals surface area (Å²) in [4.78, 5) is 7.23. The number of rotatable bonds is 6. The second kappa shape index (κ2) is 7.07. The van der Waals surface area contributed by atoms with Crippen molar-refractivity contribution in [1.82, 2.24) is 10.3 Å². The fourth-order valence-electron chi connectivity index (χ4n) is 3.05. The molecule has 3 nitrogen and oxygen atoms in total. The zero-order chi connectivity index (χ0) is 14.5. The second-order valence-corrected chi connectivity index (χ2v) is 6.44. The minimum atomic E-state index is 0.314. The first kappa shape index (κ1) is 15.3. The van der Waals surface area contributed by atoms with Gasteiger partial charge in [-0.1, -0.05) is 26.7 Å². The van der Waals surface area contributed by atoms with Gasteiger partial charge in [0.25, 0.3) is 0 Å². The number of hydrogen-bond donors (Lipinski definition) is 1. The van der Waals surface area contributed by atoms with E-state index in [0.29, 0.717) is 18.0 Å². The molecule has 1 N–H and O–H groups in total. The lowest BCUT2D eigenvalue weighted by molar-refractivity contribution is 0.534. The van der Waals surface area contributed by atoms with Gasteiger partial charge in [0.15, 0.2) is 0 Å². The predicted molar refractivity (Wildman–Crippen MR) is 86.2 cm³/mol. The summed E-state index contributed by atoms with van der Waals surface area (Å²) in [6.07, 6.45) is 7.48. The Morgan fingerprint density at radius 3 is 2.45 bits per heavy atom. The van der Waals surface area contributed by atoms with E-state index in [9.17, 15) is 0 Å². The van der Waals surface area contributed by atoms with Crippen molar-refractivity contribution in [2.75, 3.05) is 18.5 Å². The van der Waals surface area contributed by atoms with E-state index in [-0.39, 0.29) is 0 Å². The van der Waals surface area contributed by atoms with Crippen LogP contribution in [-0.4, -0.2) is 24.6 Å². The highest BCUT2D eigenvalue weighted by atomic mass is 15.2. The van der Waals surface area contributed by atoms with Crippen LogP contribution in [0.25, 0.3) is 0 Å². The summed E-state index contributed by atoms with van der Waals surface area (Å²) in [5.74, 6) is 0.687. The standard InChI is InChI=1S/C17H29N3/c1-13(2)12-20(15-7-5-6-8-15)16-9-10-17(19-11-16)14(3)18-4/h9-11,13-15,18H,5-8,12H2,1-4H3. The Balaban J connectivity index is 2.15. The van der Waals surface area contributed by atoms with Gasteiger partial charge in [-0.2, -0.15) is 0 Å². The molecule has 0 bridgehead atoms. The molecule has 0 aliphatic heterocycles. The molecular weight excluding hydrogens is 246 g/mol. The van der Waals surface area contributed by atoms with E-state index in [2.05, 4.69) is 54.3 Å². The quantitative estimate of drug-likeness (QED) is 0.856.